The molecule has 0 aromatic heterocycles. The van der Waals surface area contributed by atoms with Gasteiger partial charge in [0.2, 0.25) is 28.6 Å². The van der Waals surface area contributed by atoms with Gasteiger partial charge in [-0.2, -0.15) is 0 Å². The van der Waals surface area contributed by atoms with Gasteiger partial charge < -0.3 is 19.7 Å². The third kappa shape index (κ3) is 7.67. The molecule has 0 radical (unpaired) electrons. The predicted octanol–water partition coefficient (Wildman–Crippen LogP) is 5.04. The van der Waals surface area contributed by atoms with Crippen molar-refractivity contribution in [2.75, 3.05) is 23.9 Å². The van der Waals surface area contributed by atoms with Crippen LogP contribution in [0, 0.1) is 0 Å². The van der Waals surface area contributed by atoms with E-state index in [-0.39, 0.29) is 37.4 Å². The minimum atomic E-state index is -3.94. The summed E-state index contributed by atoms with van der Waals surface area (Å²) in [6, 6.07) is 17.7. The second kappa shape index (κ2) is 13.7. The van der Waals surface area contributed by atoms with E-state index in [9.17, 15) is 18.0 Å². The van der Waals surface area contributed by atoms with Crippen LogP contribution in [0.1, 0.15) is 31.4 Å². The first-order chi connectivity index (χ1) is 20.0. The zero-order chi connectivity index (χ0) is 30.4. The van der Waals surface area contributed by atoms with Crippen molar-refractivity contribution in [1.29, 1.82) is 0 Å². The summed E-state index contributed by atoms with van der Waals surface area (Å²) in [7, 11) is -3.94. The fraction of sp³-hybridized carbons (Fsp3) is 0.333. The molecule has 224 valence electrons. The molecule has 0 bridgehead atoms. The molecule has 0 spiro atoms. The molecule has 2 amide bonds. The zero-order valence-electron chi connectivity index (χ0n) is 23.5. The Bertz CT molecular complexity index is 1520. The van der Waals surface area contributed by atoms with Crippen LogP contribution in [-0.4, -0.2) is 56.8 Å². The van der Waals surface area contributed by atoms with Crippen LogP contribution < -0.4 is 19.1 Å². The standard InChI is InChI=1S/C30H33Cl2N3O6S/c1-4-20(2)33-30(37)26(15-21-9-6-5-7-10-21)34(17-23-24(31)11-8-12-25(23)32)29(36)18-35(42(3,38)39)22-13-14-27-28(16-22)41-19-40-27/h5-14,16,20,26H,4,15,17-19H2,1-3H3,(H,33,37)/t20-,26-/m0/s1. The molecule has 12 heteroatoms. The van der Waals surface area contributed by atoms with Gasteiger partial charge in [0.15, 0.2) is 11.5 Å². The minimum Gasteiger partial charge on any atom is -0.454 e. The third-order valence-corrected chi connectivity index (χ3v) is 8.83. The number of ether oxygens (including phenoxy) is 2. The van der Waals surface area contributed by atoms with Crippen molar-refractivity contribution in [2.24, 2.45) is 0 Å². The van der Waals surface area contributed by atoms with Crippen molar-refractivity contribution in [2.45, 2.75) is 45.3 Å². The highest BCUT2D eigenvalue weighted by atomic mass is 35.5. The Morgan fingerprint density at radius 3 is 2.29 bits per heavy atom. The summed E-state index contributed by atoms with van der Waals surface area (Å²) >= 11 is 13.0. The lowest BCUT2D eigenvalue weighted by Crippen LogP contribution is -2.54. The van der Waals surface area contributed by atoms with Gasteiger partial charge in [-0.25, -0.2) is 8.42 Å². The van der Waals surface area contributed by atoms with Gasteiger partial charge in [0.05, 0.1) is 11.9 Å². The maximum Gasteiger partial charge on any atom is 0.244 e. The maximum absolute atomic E-state index is 14.2. The van der Waals surface area contributed by atoms with Gasteiger partial charge in [-0.3, -0.25) is 13.9 Å². The Morgan fingerprint density at radius 2 is 1.64 bits per heavy atom. The number of sulfonamides is 1. The first-order valence-electron chi connectivity index (χ1n) is 13.4. The van der Waals surface area contributed by atoms with Gasteiger partial charge in [-0.05, 0) is 43.2 Å². The van der Waals surface area contributed by atoms with Crippen LogP contribution in [-0.2, 0) is 32.6 Å². The lowest BCUT2D eigenvalue weighted by Gasteiger charge is -2.34. The Labute approximate surface area is 256 Å². The van der Waals surface area contributed by atoms with Crippen LogP contribution in [0.2, 0.25) is 10.0 Å². The molecule has 0 saturated heterocycles. The van der Waals surface area contributed by atoms with Gasteiger partial charge in [0.1, 0.15) is 12.6 Å². The van der Waals surface area contributed by atoms with Crippen LogP contribution in [0.15, 0.2) is 66.7 Å². The molecule has 0 fully saturated rings. The number of rotatable bonds is 12. The van der Waals surface area contributed by atoms with Crippen LogP contribution >= 0.6 is 23.2 Å². The van der Waals surface area contributed by atoms with E-state index in [0.717, 1.165) is 16.1 Å². The van der Waals surface area contributed by atoms with E-state index in [1.165, 1.54) is 17.0 Å². The van der Waals surface area contributed by atoms with Crippen LogP contribution in [0.25, 0.3) is 0 Å². The average molecular weight is 635 g/mol. The quantitative estimate of drug-likeness (QED) is 0.299. The van der Waals surface area contributed by atoms with Crippen molar-refractivity contribution in [3.05, 3.63) is 87.9 Å². The summed E-state index contributed by atoms with van der Waals surface area (Å²) in [5, 5.41) is 3.62. The van der Waals surface area contributed by atoms with Crippen LogP contribution in [0.3, 0.4) is 0 Å². The van der Waals surface area contributed by atoms with E-state index >= 15 is 0 Å². The van der Waals surface area contributed by atoms with Gasteiger partial charge >= 0.3 is 0 Å². The molecule has 3 aromatic rings. The van der Waals surface area contributed by atoms with E-state index in [4.69, 9.17) is 32.7 Å². The molecule has 0 unspecified atom stereocenters. The molecule has 9 nitrogen and oxygen atoms in total. The molecule has 3 aromatic carbocycles. The largest absolute Gasteiger partial charge is 0.454 e. The van der Waals surface area contributed by atoms with Gasteiger partial charge in [0.25, 0.3) is 0 Å². The summed E-state index contributed by atoms with van der Waals surface area (Å²) in [4.78, 5) is 29.3. The van der Waals surface area contributed by atoms with Crippen molar-refractivity contribution < 1.29 is 27.5 Å². The highest BCUT2D eigenvalue weighted by Gasteiger charge is 2.34. The Morgan fingerprint density at radius 1 is 0.976 bits per heavy atom. The average Bonchev–Trinajstić information content (AvgIpc) is 3.42. The fourth-order valence-corrected chi connectivity index (χ4v) is 5.86. The summed E-state index contributed by atoms with van der Waals surface area (Å²) < 4.78 is 37.7. The van der Waals surface area contributed by atoms with Crippen molar-refractivity contribution >= 4 is 50.7 Å². The number of hydrogen-bond donors (Lipinski definition) is 1. The molecule has 1 aliphatic heterocycles. The van der Waals surface area contributed by atoms with Gasteiger partial charge in [0, 0.05) is 40.7 Å². The van der Waals surface area contributed by atoms with Crippen molar-refractivity contribution in [1.82, 2.24) is 10.2 Å². The van der Waals surface area contributed by atoms with Crippen LogP contribution in [0.4, 0.5) is 5.69 Å². The smallest absolute Gasteiger partial charge is 0.244 e. The molecule has 1 heterocycles. The number of nitrogens with zero attached hydrogens (tertiary/aromatic N) is 2. The number of amides is 2. The van der Waals surface area contributed by atoms with E-state index in [2.05, 4.69) is 5.32 Å². The highest BCUT2D eigenvalue weighted by Crippen LogP contribution is 2.36. The molecular formula is C30H33Cl2N3O6S. The zero-order valence-corrected chi connectivity index (χ0v) is 25.9. The summed E-state index contributed by atoms with van der Waals surface area (Å²) in [5.74, 6) is -0.158. The number of fused-ring (bicyclic) bond motifs is 1. The summed E-state index contributed by atoms with van der Waals surface area (Å²) in [6.07, 6.45) is 1.87. The first kappa shape index (κ1) is 31.5. The second-order valence-corrected chi connectivity index (χ2v) is 12.8. The first-order valence-corrected chi connectivity index (χ1v) is 16.0. The molecule has 1 N–H and O–H groups in total. The number of carbonyl (C=O) groups is 2. The minimum absolute atomic E-state index is 0.00935. The second-order valence-electron chi connectivity index (χ2n) is 10.1. The molecule has 1 aliphatic rings. The molecular weight excluding hydrogens is 601 g/mol. The van der Waals surface area contributed by atoms with E-state index in [1.807, 2.05) is 44.2 Å². The van der Waals surface area contributed by atoms with E-state index in [0.29, 0.717) is 33.5 Å². The molecule has 4 rings (SSSR count). The van der Waals surface area contributed by atoms with Gasteiger partial charge in [-0.15, -0.1) is 0 Å². The SMILES string of the molecule is CC[C@H](C)NC(=O)[C@H](Cc1ccccc1)N(Cc1c(Cl)cccc1Cl)C(=O)CN(c1ccc2c(c1)OCO2)S(C)(=O)=O. The Kier molecular flexibility index (Phi) is 10.2. The Balaban J connectivity index is 1.77. The van der Waals surface area contributed by atoms with Gasteiger partial charge in [-0.1, -0.05) is 66.5 Å². The lowest BCUT2D eigenvalue weighted by molar-refractivity contribution is -0.140. The molecule has 42 heavy (non-hydrogen) atoms. The molecule has 2 atom stereocenters. The number of anilines is 1. The molecule has 0 aliphatic carbocycles. The highest BCUT2D eigenvalue weighted by molar-refractivity contribution is 7.92. The number of halogens is 2. The summed E-state index contributed by atoms with van der Waals surface area (Å²) in [6.45, 7) is 3.12. The number of nitrogens with one attached hydrogen (secondary N) is 1. The summed E-state index contributed by atoms with van der Waals surface area (Å²) in [5.41, 5.74) is 1.48. The predicted molar refractivity (Wildman–Crippen MR) is 164 cm³/mol. The van der Waals surface area contributed by atoms with Crippen LogP contribution in [0.5, 0.6) is 11.5 Å². The normalized spacial score (nSPS) is 13.7. The topological polar surface area (TPSA) is 105 Å². The van der Waals surface area contributed by atoms with Crippen molar-refractivity contribution in [3.8, 4) is 11.5 Å². The molecule has 0 saturated carbocycles. The maximum atomic E-state index is 14.2. The van der Waals surface area contributed by atoms with E-state index in [1.54, 1.807) is 24.3 Å². The number of benzene rings is 3. The number of carbonyl (C=O) groups excluding carboxylic acids is 2. The fourth-order valence-electron chi connectivity index (χ4n) is 4.50. The Hall–Kier alpha value is -3.47. The monoisotopic (exact) mass is 633 g/mol. The number of hydrogen-bond acceptors (Lipinski definition) is 6. The lowest BCUT2D eigenvalue weighted by atomic mass is 10.0. The van der Waals surface area contributed by atoms with Crippen molar-refractivity contribution in [3.63, 3.8) is 0 Å². The third-order valence-electron chi connectivity index (χ3n) is 6.99. The van der Waals surface area contributed by atoms with E-state index < -0.39 is 28.5 Å².